The zero-order valence-electron chi connectivity index (χ0n) is 14.2. The van der Waals surface area contributed by atoms with Crippen molar-refractivity contribution in [2.24, 2.45) is 13.0 Å². The van der Waals surface area contributed by atoms with Gasteiger partial charge in [-0.3, -0.25) is 14.8 Å². The van der Waals surface area contributed by atoms with Crippen molar-refractivity contribution in [3.63, 3.8) is 0 Å². The molecule has 1 fully saturated rings. The molecule has 4 heterocycles. The van der Waals surface area contributed by atoms with Crippen molar-refractivity contribution in [2.45, 2.75) is 19.4 Å². The van der Waals surface area contributed by atoms with Gasteiger partial charge in [0.1, 0.15) is 0 Å². The second-order valence-corrected chi connectivity index (χ2v) is 7.70. The highest BCUT2D eigenvalue weighted by molar-refractivity contribution is 7.15. The van der Waals surface area contributed by atoms with Crippen molar-refractivity contribution in [1.29, 1.82) is 0 Å². The molecule has 1 N–H and O–H groups in total. The fourth-order valence-corrected chi connectivity index (χ4v) is 4.45. The molecular weight excluding hydrogens is 334 g/mol. The third-order valence-corrected chi connectivity index (χ3v) is 5.83. The van der Waals surface area contributed by atoms with Crippen LogP contribution in [0.5, 0.6) is 0 Å². The van der Waals surface area contributed by atoms with E-state index in [2.05, 4.69) is 32.2 Å². The number of ketones is 1. The van der Waals surface area contributed by atoms with E-state index in [0.29, 0.717) is 5.82 Å². The van der Waals surface area contributed by atoms with E-state index in [1.165, 1.54) is 9.75 Å². The van der Waals surface area contributed by atoms with Crippen LogP contribution in [0.3, 0.4) is 0 Å². The van der Waals surface area contributed by atoms with Gasteiger partial charge in [0.15, 0.2) is 5.82 Å². The van der Waals surface area contributed by atoms with Crippen molar-refractivity contribution in [3.05, 3.63) is 47.5 Å². The maximum Gasteiger partial charge on any atom is 0.202 e. The summed E-state index contributed by atoms with van der Waals surface area (Å²) in [5, 5.41) is 7.02. The number of nitrogens with one attached hydrogen (secondary N) is 1. The fraction of sp³-hybridized carbons (Fsp3) is 0.389. The second-order valence-electron chi connectivity index (χ2n) is 6.54. The van der Waals surface area contributed by atoms with Crippen LogP contribution in [0.15, 0.2) is 36.8 Å². The summed E-state index contributed by atoms with van der Waals surface area (Å²) in [4.78, 5) is 21.8. The zero-order chi connectivity index (χ0) is 17.2. The van der Waals surface area contributed by atoms with Gasteiger partial charge in [-0.1, -0.05) is 0 Å². The van der Waals surface area contributed by atoms with Crippen LogP contribution in [0.2, 0.25) is 0 Å². The molecule has 1 aliphatic rings. The van der Waals surface area contributed by atoms with Crippen LogP contribution in [0.4, 0.5) is 0 Å². The molecule has 1 aliphatic heterocycles. The van der Waals surface area contributed by atoms with E-state index < -0.39 is 0 Å². The number of hydrogen-bond donors (Lipinski definition) is 1. The Kier molecular flexibility index (Phi) is 4.50. The summed E-state index contributed by atoms with van der Waals surface area (Å²) in [5.41, 5.74) is 1.05. The maximum absolute atomic E-state index is 12.7. The Morgan fingerprint density at radius 1 is 1.36 bits per heavy atom. The molecule has 1 atom stereocenters. The number of aromatic amines is 1. The van der Waals surface area contributed by atoms with Gasteiger partial charge < -0.3 is 4.57 Å². The predicted molar refractivity (Wildman–Crippen MR) is 97.4 cm³/mol. The normalized spacial score (nSPS) is 18.5. The highest BCUT2D eigenvalue weighted by Gasteiger charge is 2.28. The van der Waals surface area contributed by atoms with Gasteiger partial charge in [0.2, 0.25) is 5.78 Å². The molecule has 3 aromatic rings. The smallest absolute Gasteiger partial charge is 0.202 e. The SMILES string of the molecule is Cn1ccnc1C(=O)C1CCCN(Cc2ccc(-c3ccn[nH]3)s2)C1. The second kappa shape index (κ2) is 6.93. The summed E-state index contributed by atoms with van der Waals surface area (Å²) in [6, 6.07) is 6.29. The van der Waals surface area contributed by atoms with Gasteiger partial charge in [-0.15, -0.1) is 11.3 Å². The number of thiophene rings is 1. The molecule has 0 saturated carbocycles. The molecule has 130 valence electrons. The quantitative estimate of drug-likeness (QED) is 0.715. The first-order valence-corrected chi connectivity index (χ1v) is 9.34. The summed E-state index contributed by atoms with van der Waals surface area (Å²) in [6.07, 6.45) is 7.30. The molecule has 1 unspecified atom stereocenters. The molecule has 0 bridgehead atoms. The third kappa shape index (κ3) is 3.43. The zero-order valence-corrected chi connectivity index (χ0v) is 15.0. The standard InChI is InChI=1S/C18H21N5OS/c1-22-10-8-19-18(22)17(24)13-3-2-9-23(11-13)12-14-4-5-16(25-14)15-6-7-20-21-15/h4-8,10,13H,2-3,9,11-12H2,1H3,(H,20,21). The minimum atomic E-state index is 0.0434. The van der Waals surface area contributed by atoms with E-state index in [1.807, 2.05) is 23.9 Å². The molecule has 0 amide bonds. The van der Waals surface area contributed by atoms with Gasteiger partial charge in [-0.25, -0.2) is 4.98 Å². The molecule has 0 spiro atoms. The summed E-state index contributed by atoms with van der Waals surface area (Å²) in [7, 11) is 1.88. The van der Waals surface area contributed by atoms with Crippen LogP contribution < -0.4 is 0 Å². The monoisotopic (exact) mass is 355 g/mol. The lowest BCUT2D eigenvalue weighted by molar-refractivity contribution is 0.0799. The van der Waals surface area contributed by atoms with Gasteiger partial charge in [0.05, 0.1) is 10.6 Å². The highest BCUT2D eigenvalue weighted by atomic mass is 32.1. The minimum Gasteiger partial charge on any atom is -0.332 e. The van der Waals surface area contributed by atoms with Crippen LogP contribution in [0, 0.1) is 5.92 Å². The van der Waals surface area contributed by atoms with Crippen LogP contribution >= 0.6 is 11.3 Å². The lowest BCUT2D eigenvalue weighted by Gasteiger charge is -2.31. The van der Waals surface area contributed by atoms with Crippen molar-refractivity contribution in [2.75, 3.05) is 13.1 Å². The largest absolute Gasteiger partial charge is 0.332 e. The van der Waals surface area contributed by atoms with E-state index in [-0.39, 0.29) is 11.7 Å². The number of likely N-dealkylation sites (tertiary alicyclic amines) is 1. The first-order chi connectivity index (χ1) is 12.2. The van der Waals surface area contributed by atoms with Gasteiger partial charge in [-0.05, 0) is 37.6 Å². The fourth-order valence-electron chi connectivity index (χ4n) is 3.42. The Balaban J connectivity index is 1.42. The van der Waals surface area contributed by atoms with E-state index in [4.69, 9.17) is 0 Å². The number of aromatic nitrogens is 4. The average Bonchev–Trinajstić information content (AvgIpc) is 3.35. The lowest BCUT2D eigenvalue weighted by atomic mass is 9.93. The summed E-state index contributed by atoms with van der Waals surface area (Å²) in [6.45, 7) is 2.74. The molecule has 0 aliphatic carbocycles. The van der Waals surface area contributed by atoms with Crippen LogP contribution in [-0.2, 0) is 13.6 Å². The number of Topliss-reactive ketones (excluding diaryl/α,β-unsaturated/α-hetero) is 1. The number of hydrogen-bond acceptors (Lipinski definition) is 5. The number of nitrogens with zero attached hydrogens (tertiary/aromatic N) is 4. The minimum absolute atomic E-state index is 0.0434. The van der Waals surface area contributed by atoms with E-state index in [9.17, 15) is 4.79 Å². The molecular formula is C18H21N5OS. The number of H-pyrrole nitrogens is 1. The Morgan fingerprint density at radius 2 is 2.28 bits per heavy atom. The Bertz CT molecular complexity index is 851. The number of piperidine rings is 1. The molecule has 6 nitrogen and oxygen atoms in total. The molecule has 1 saturated heterocycles. The summed E-state index contributed by atoms with van der Waals surface area (Å²) < 4.78 is 1.82. The molecule has 4 rings (SSSR count). The van der Waals surface area contributed by atoms with E-state index in [0.717, 1.165) is 38.2 Å². The molecule has 0 radical (unpaired) electrons. The number of aryl methyl sites for hydroxylation is 1. The van der Waals surface area contributed by atoms with Gasteiger partial charge in [-0.2, -0.15) is 5.10 Å². The number of carbonyl (C=O) groups is 1. The number of carbonyl (C=O) groups excluding carboxylic acids is 1. The molecule has 3 aromatic heterocycles. The van der Waals surface area contributed by atoms with Crippen molar-refractivity contribution < 1.29 is 4.79 Å². The van der Waals surface area contributed by atoms with Crippen LogP contribution in [-0.4, -0.2) is 43.5 Å². The van der Waals surface area contributed by atoms with Crippen LogP contribution in [0.25, 0.3) is 10.6 Å². The predicted octanol–water partition coefficient (Wildman–Crippen LogP) is 2.97. The van der Waals surface area contributed by atoms with Crippen molar-refractivity contribution in [3.8, 4) is 10.6 Å². The number of imidazole rings is 1. The number of rotatable bonds is 5. The summed E-state index contributed by atoms with van der Waals surface area (Å²) in [5.74, 6) is 0.785. The van der Waals surface area contributed by atoms with Crippen molar-refractivity contribution >= 4 is 17.1 Å². The lowest BCUT2D eigenvalue weighted by Crippen LogP contribution is -2.38. The first-order valence-electron chi connectivity index (χ1n) is 8.53. The van der Waals surface area contributed by atoms with Gasteiger partial charge in [0.25, 0.3) is 0 Å². The molecule has 25 heavy (non-hydrogen) atoms. The Hall–Kier alpha value is -2.25. The highest BCUT2D eigenvalue weighted by Crippen LogP contribution is 2.29. The van der Waals surface area contributed by atoms with Gasteiger partial charge in [0, 0.05) is 49.5 Å². The van der Waals surface area contributed by atoms with E-state index >= 15 is 0 Å². The first kappa shape index (κ1) is 16.2. The topological polar surface area (TPSA) is 66.8 Å². The molecule has 0 aromatic carbocycles. The van der Waals surface area contributed by atoms with Crippen molar-refractivity contribution in [1.82, 2.24) is 24.6 Å². The average molecular weight is 355 g/mol. The summed E-state index contributed by atoms with van der Waals surface area (Å²) >= 11 is 1.78. The van der Waals surface area contributed by atoms with E-state index in [1.54, 1.807) is 23.7 Å². The Labute approximate surface area is 150 Å². The maximum atomic E-state index is 12.7. The molecule has 7 heteroatoms. The van der Waals surface area contributed by atoms with Crippen LogP contribution in [0.1, 0.15) is 28.3 Å². The Morgan fingerprint density at radius 3 is 3.04 bits per heavy atom. The third-order valence-electron chi connectivity index (χ3n) is 4.73. The van der Waals surface area contributed by atoms with Gasteiger partial charge >= 0.3 is 0 Å².